The van der Waals surface area contributed by atoms with Crippen molar-refractivity contribution in [2.24, 2.45) is 0 Å². The van der Waals surface area contributed by atoms with Crippen molar-refractivity contribution in [3.63, 3.8) is 0 Å². The summed E-state index contributed by atoms with van der Waals surface area (Å²) in [5, 5.41) is 3.46. The predicted molar refractivity (Wildman–Crippen MR) is 138 cm³/mol. The third-order valence-electron chi connectivity index (χ3n) is 5.44. The zero-order chi connectivity index (χ0) is 25.6. The number of sulfonamides is 1. The molecular weight excluding hydrogens is 497 g/mol. The third-order valence-corrected chi connectivity index (χ3v) is 7.29. The number of amides is 2. The quantitative estimate of drug-likeness (QED) is 0.498. The van der Waals surface area contributed by atoms with Gasteiger partial charge in [-0.05, 0) is 56.0 Å². The molecule has 0 aliphatic carbocycles. The van der Waals surface area contributed by atoms with E-state index < -0.39 is 28.5 Å². The lowest BCUT2D eigenvalue weighted by atomic mass is 10.1. The van der Waals surface area contributed by atoms with Crippen LogP contribution in [0.15, 0.2) is 36.4 Å². The van der Waals surface area contributed by atoms with Gasteiger partial charge in [-0.15, -0.1) is 0 Å². The van der Waals surface area contributed by atoms with Crippen LogP contribution >= 0.6 is 23.2 Å². The van der Waals surface area contributed by atoms with E-state index in [-0.39, 0.29) is 12.5 Å². The summed E-state index contributed by atoms with van der Waals surface area (Å²) in [6.07, 6.45) is 1.41. The fourth-order valence-electron chi connectivity index (χ4n) is 3.82. The Morgan fingerprint density at radius 3 is 2.15 bits per heavy atom. The molecule has 7 nitrogen and oxygen atoms in total. The molecule has 10 heteroatoms. The molecule has 2 aromatic carbocycles. The number of carbonyl (C=O) groups excluding carboxylic acids is 2. The summed E-state index contributed by atoms with van der Waals surface area (Å²) < 4.78 is 26.6. The Kier molecular flexibility index (Phi) is 9.79. The first-order chi connectivity index (χ1) is 15.9. The number of benzene rings is 2. The fraction of sp³-hybridized carbons (Fsp3) is 0.417. The van der Waals surface area contributed by atoms with E-state index in [0.717, 1.165) is 21.7 Å². The summed E-state index contributed by atoms with van der Waals surface area (Å²) in [6, 6.07) is 9.60. The second kappa shape index (κ2) is 11.9. The van der Waals surface area contributed by atoms with E-state index in [2.05, 4.69) is 5.32 Å². The van der Waals surface area contributed by atoms with Crippen LogP contribution in [0.1, 0.15) is 37.0 Å². The van der Waals surface area contributed by atoms with Crippen molar-refractivity contribution in [1.29, 1.82) is 0 Å². The molecule has 0 aliphatic rings. The van der Waals surface area contributed by atoms with Gasteiger partial charge in [0.1, 0.15) is 12.6 Å². The van der Waals surface area contributed by atoms with E-state index in [4.69, 9.17) is 23.2 Å². The molecule has 186 valence electrons. The topological polar surface area (TPSA) is 86.8 Å². The van der Waals surface area contributed by atoms with Gasteiger partial charge in [0.05, 0.1) is 22.0 Å². The van der Waals surface area contributed by atoms with Crippen molar-refractivity contribution in [3.05, 3.63) is 63.1 Å². The largest absolute Gasteiger partial charge is 0.355 e. The van der Waals surface area contributed by atoms with Gasteiger partial charge >= 0.3 is 0 Å². The molecule has 0 heterocycles. The molecule has 0 fully saturated rings. The number of rotatable bonds is 10. The first-order valence-electron chi connectivity index (χ1n) is 11.0. The molecule has 0 aliphatic heterocycles. The van der Waals surface area contributed by atoms with Crippen LogP contribution in [-0.2, 0) is 26.2 Å². The van der Waals surface area contributed by atoms with Crippen LogP contribution in [0.5, 0.6) is 0 Å². The summed E-state index contributed by atoms with van der Waals surface area (Å²) in [6.45, 7) is 7.21. The van der Waals surface area contributed by atoms with E-state index in [1.807, 2.05) is 6.07 Å². The summed E-state index contributed by atoms with van der Waals surface area (Å²) in [7, 11) is -3.79. The number of nitrogens with zero attached hydrogens (tertiary/aromatic N) is 2. The standard InChI is InChI=1S/C24H31Cl2N3O4S/c1-6-21(24(31)27-7-2)28(14-18-11-12-19(25)20(26)13-18)22(30)15-29(34(5,32)33)23-16(3)9-8-10-17(23)4/h8-13,21H,6-7,14-15H2,1-5H3,(H,27,31)/t21-/m0/s1. The molecule has 1 N–H and O–H groups in total. The smallest absolute Gasteiger partial charge is 0.244 e. The van der Waals surface area contributed by atoms with Gasteiger partial charge in [-0.2, -0.15) is 0 Å². The second-order valence-corrected chi connectivity index (χ2v) is 10.8. The van der Waals surface area contributed by atoms with Crippen LogP contribution in [0.4, 0.5) is 5.69 Å². The van der Waals surface area contributed by atoms with Crippen molar-refractivity contribution in [2.45, 2.75) is 46.7 Å². The molecule has 2 rings (SSSR count). The minimum Gasteiger partial charge on any atom is -0.355 e. The number of hydrogen-bond acceptors (Lipinski definition) is 4. The van der Waals surface area contributed by atoms with Gasteiger partial charge in [0.15, 0.2) is 0 Å². The first-order valence-corrected chi connectivity index (χ1v) is 13.6. The van der Waals surface area contributed by atoms with Crippen molar-refractivity contribution < 1.29 is 18.0 Å². The maximum absolute atomic E-state index is 13.6. The molecule has 0 aromatic heterocycles. The monoisotopic (exact) mass is 527 g/mol. The summed E-state index contributed by atoms with van der Waals surface area (Å²) in [4.78, 5) is 27.8. The minimum atomic E-state index is -3.79. The first kappa shape index (κ1) is 28.0. The Balaban J connectivity index is 2.51. The second-order valence-electron chi connectivity index (χ2n) is 8.10. The van der Waals surface area contributed by atoms with Gasteiger partial charge in [-0.25, -0.2) is 8.42 Å². The van der Waals surface area contributed by atoms with Crippen LogP contribution in [0, 0.1) is 13.8 Å². The lowest BCUT2D eigenvalue weighted by Crippen LogP contribution is -2.52. The van der Waals surface area contributed by atoms with Crippen LogP contribution in [0.2, 0.25) is 10.0 Å². The van der Waals surface area contributed by atoms with E-state index in [0.29, 0.717) is 34.3 Å². The summed E-state index contributed by atoms with van der Waals surface area (Å²) in [5.74, 6) is -0.811. The summed E-state index contributed by atoms with van der Waals surface area (Å²) in [5.41, 5.74) is 2.58. The van der Waals surface area contributed by atoms with Crippen LogP contribution < -0.4 is 9.62 Å². The Hall–Kier alpha value is -2.29. The van der Waals surface area contributed by atoms with Gasteiger partial charge in [-0.3, -0.25) is 13.9 Å². The number of para-hydroxylation sites is 1. The SMILES string of the molecule is CCNC(=O)[C@H](CC)N(Cc1ccc(Cl)c(Cl)c1)C(=O)CN(c1c(C)cccc1C)S(C)(=O)=O. The van der Waals surface area contributed by atoms with E-state index in [1.165, 1.54) is 4.90 Å². The van der Waals surface area contributed by atoms with Crippen LogP contribution in [0.3, 0.4) is 0 Å². The van der Waals surface area contributed by atoms with Crippen LogP contribution in [0.25, 0.3) is 0 Å². The molecule has 34 heavy (non-hydrogen) atoms. The molecular formula is C24H31Cl2N3O4S. The lowest BCUT2D eigenvalue weighted by Gasteiger charge is -2.33. The highest BCUT2D eigenvalue weighted by molar-refractivity contribution is 7.92. The molecule has 0 bridgehead atoms. The predicted octanol–water partition coefficient (Wildman–Crippen LogP) is 4.32. The third kappa shape index (κ3) is 6.87. The highest BCUT2D eigenvalue weighted by atomic mass is 35.5. The average Bonchev–Trinajstić information content (AvgIpc) is 2.74. The number of nitrogens with one attached hydrogen (secondary N) is 1. The normalized spacial score (nSPS) is 12.2. The Bertz CT molecular complexity index is 1130. The van der Waals surface area contributed by atoms with Crippen LogP contribution in [-0.4, -0.2) is 50.5 Å². The maximum Gasteiger partial charge on any atom is 0.244 e. The molecule has 0 saturated heterocycles. The van der Waals surface area contributed by atoms with Gasteiger partial charge in [0.25, 0.3) is 0 Å². The average molecular weight is 529 g/mol. The molecule has 2 amide bonds. The molecule has 0 radical (unpaired) electrons. The van der Waals surface area contributed by atoms with Crippen molar-refractivity contribution in [3.8, 4) is 0 Å². The highest BCUT2D eigenvalue weighted by Crippen LogP contribution is 2.28. The van der Waals surface area contributed by atoms with Crippen molar-refractivity contribution >= 4 is 50.7 Å². The van der Waals surface area contributed by atoms with Crippen molar-refractivity contribution in [1.82, 2.24) is 10.2 Å². The van der Waals surface area contributed by atoms with Gasteiger partial charge in [0, 0.05) is 13.1 Å². The molecule has 0 saturated carbocycles. The molecule has 0 unspecified atom stereocenters. The Morgan fingerprint density at radius 1 is 1.03 bits per heavy atom. The summed E-state index contributed by atoms with van der Waals surface area (Å²) >= 11 is 12.2. The number of likely N-dealkylation sites (N-methyl/N-ethyl adjacent to an activating group) is 1. The number of aryl methyl sites for hydroxylation is 2. The number of halogens is 2. The zero-order valence-corrected chi connectivity index (χ0v) is 22.4. The number of hydrogen-bond donors (Lipinski definition) is 1. The van der Waals surface area contributed by atoms with Gasteiger partial charge in [0.2, 0.25) is 21.8 Å². The maximum atomic E-state index is 13.6. The lowest BCUT2D eigenvalue weighted by molar-refractivity contribution is -0.140. The zero-order valence-electron chi connectivity index (χ0n) is 20.1. The fourth-order valence-corrected chi connectivity index (χ4v) is 5.11. The Labute approximate surface area is 212 Å². The molecule has 2 aromatic rings. The van der Waals surface area contributed by atoms with Gasteiger partial charge in [-0.1, -0.05) is 54.4 Å². The van der Waals surface area contributed by atoms with Crippen molar-refractivity contribution in [2.75, 3.05) is 23.7 Å². The number of carbonyl (C=O) groups is 2. The Morgan fingerprint density at radius 2 is 1.65 bits per heavy atom. The van der Waals surface area contributed by atoms with Gasteiger partial charge < -0.3 is 10.2 Å². The molecule has 1 atom stereocenters. The van der Waals surface area contributed by atoms with E-state index in [9.17, 15) is 18.0 Å². The minimum absolute atomic E-state index is 0.0652. The number of anilines is 1. The van der Waals surface area contributed by atoms with E-state index in [1.54, 1.807) is 58.0 Å². The highest BCUT2D eigenvalue weighted by Gasteiger charge is 2.32. The molecule has 0 spiro atoms. The van der Waals surface area contributed by atoms with E-state index >= 15 is 0 Å².